The molecule has 2 saturated heterocycles. The van der Waals surface area contributed by atoms with Crippen LogP contribution in [0.15, 0.2) is 24.3 Å². The SMILES string of the molecule is CC1CC[N+](CCN2CCCCC2)(c2cccc(O)c2)CC1C. The molecule has 0 saturated carbocycles. The molecular weight excluding hydrogens is 284 g/mol. The van der Waals surface area contributed by atoms with E-state index in [1.165, 1.54) is 70.6 Å². The molecule has 128 valence electrons. The molecule has 0 aliphatic carbocycles. The van der Waals surface area contributed by atoms with Gasteiger partial charge in [-0.15, -0.1) is 0 Å². The van der Waals surface area contributed by atoms with E-state index in [4.69, 9.17) is 0 Å². The molecule has 0 spiro atoms. The number of rotatable bonds is 4. The number of phenolic OH excluding ortho intramolecular Hbond substituents is 1. The molecule has 3 atom stereocenters. The summed E-state index contributed by atoms with van der Waals surface area (Å²) in [5, 5.41) is 9.97. The van der Waals surface area contributed by atoms with Gasteiger partial charge in [-0.2, -0.15) is 0 Å². The van der Waals surface area contributed by atoms with Crippen molar-refractivity contribution in [2.45, 2.75) is 39.5 Å². The second-order valence-corrected chi connectivity index (χ2v) is 7.94. The molecule has 3 unspecified atom stereocenters. The maximum atomic E-state index is 9.97. The highest BCUT2D eigenvalue weighted by molar-refractivity contribution is 5.48. The summed E-state index contributed by atoms with van der Waals surface area (Å²) in [6.45, 7) is 12.1. The summed E-state index contributed by atoms with van der Waals surface area (Å²) in [7, 11) is 0. The van der Waals surface area contributed by atoms with E-state index in [-0.39, 0.29) is 0 Å². The third-order valence-electron chi connectivity index (χ3n) is 6.29. The summed E-state index contributed by atoms with van der Waals surface area (Å²) in [5.41, 5.74) is 1.31. The molecule has 0 bridgehead atoms. The van der Waals surface area contributed by atoms with Gasteiger partial charge in [0.15, 0.2) is 0 Å². The van der Waals surface area contributed by atoms with E-state index in [1.54, 1.807) is 6.07 Å². The van der Waals surface area contributed by atoms with Crippen LogP contribution in [0.2, 0.25) is 0 Å². The molecule has 23 heavy (non-hydrogen) atoms. The van der Waals surface area contributed by atoms with Crippen LogP contribution in [0.4, 0.5) is 5.69 Å². The average molecular weight is 317 g/mol. The second kappa shape index (κ2) is 7.23. The van der Waals surface area contributed by atoms with Gasteiger partial charge in [-0.1, -0.05) is 26.3 Å². The molecule has 0 aromatic heterocycles. The van der Waals surface area contributed by atoms with Crippen molar-refractivity contribution in [3.8, 4) is 5.75 Å². The van der Waals surface area contributed by atoms with Crippen LogP contribution in [-0.2, 0) is 0 Å². The fourth-order valence-corrected chi connectivity index (χ4v) is 4.43. The highest BCUT2D eigenvalue weighted by atomic mass is 16.3. The summed E-state index contributed by atoms with van der Waals surface area (Å²) in [6.07, 6.45) is 5.41. The Bertz CT molecular complexity index is 512. The van der Waals surface area contributed by atoms with Gasteiger partial charge in [0, 0.05) is 24.9 Å². The number of quaternary nitrogens is 1. The molecule has 1 aromatic rings. The van der Waals surface area contributed by atoms with E-state index in [2.05, 4.69) is 24.8 Å². The topological polar surface area (TPSA) is 23.5 Å². The number of hydrogen-bond donors (Lipinski definition) is 1. The molecule has 2 heterocycles. The van der Waals surface area contributed by atoms with Crippen LogP contribution in [0.1, 0.15) is 39.5 Å². The average Bonchev–Trinajstić information content (AvgIpc) is 2.57. The monoisotopic (exact) mass is 317 g/mol. The molecule has 0 radical (unpaired) electrons. The van der Waals surface area contributed by atoms with Gasteiger partial charge in [-0.3, -0.25) is 9.38 Å². The van der Waals surface area contributed by atoms with Gasteiger partial charge in [0.2, 0.25) is 0 Å². The Labute approximate surface area is 141 Å². The van der Waals surface area contributed by atoms with Gasteiger partial charge >= 0.3 is 0 Å². The summed E-state index contributed by atoms with van der Waals surface area (Å²) < 4.78 is 1.05. The zero-order valence-electron chi connectivity index (χ0n) is 14.9. The van der Waals surface area contributed by atoms with E-state index in [1.807, 2.05) is 12.1 Å². The predicted molar refractivity (Wildman–Crippen MR) is 97.7 cm³/mol. The van der Waals surface area contributed by atoms with E-state index >= 15 is 0 Å². The maximum absolute atomic E-state index is 9.97. The van der Waals surface area contributed by atoms with Gasteiger partial charge in [0.25, 0.3) is 0 Å². The molecule has 0 amide bonds. The lowest BCUT2D eigenvalue weighted by Gasteiger charge is -2.46. The molecule has 1 N–H and O–H groups in total. The van der Waals surface area contributed by atoms with Crippen molar-refractivity contribution < 1.29 is 5.11 Å². The largest absolute Gasteiger partial charge is 0.508 e. The standard InChI is InChI=1S/C20H32N2O/c1-17-9-13-22(16-18(17)2,19-7-6-8-20(23)15-19)14-12-21-10-4-3-5-11-21/h6-8,15,17-18H,3-5,9-14,16H2,1-2H3/p+1. The predicted octanol–water partition coefficient (Wildman–Crippen LogP) is 3.86. The Morgan fingerprint density at radius 3 is 2.61 bits per heavy atom. The van der Waals surface area contributed by atoms with Crippen molar-refractivity contribution >= 4 is 5.69 Å². The first-order valence-electron chi connectivity index (χ1n) is 9.47. The van der Waals surface area contributed by atoms with Crippen molar-refractivity contribution in [1.29, 1.82) is 0 Å². The zero-order chi connectivity index (χ0) is 16.3. The van der Waals surface area contributed by atoms with Crippen LogP contribution in [0.5, 0.6) is 5.75 Å². The molecule has 2 aliphatic heterocycles. The molecule has 3 heteroatoms. The third kappa shape index (κ3) is 3.89. The van der Waals surface area contributed by atoms with Gasteiger partial charge in [-0.05, 0) is 44.0 Å². The number of benzene rings is 1. The van der Waals surface area contributed by atoms with Crippen molar-refractivity contribution in [2.75, 3.05) is 39.3 Å². The lowest BCUT2D eigenvalue weighted by atomic mass is 9.86. The lowest BCUT2D eigenvalue weighted by Crippen LogP contribution is -2.59. The minimum Gasteiger partial charge on any atom is -0.508 e. The number of aromatic hydroxyl groups is 1. The van der Waals surface area contributed by atoms with E-state index in [0.717, 1.165) is 16.3 Å². The maximum Gasteiger partial charge on any atom is 0.136 e. The Morgan fingerprint density at radius 2 is 1.91 bits per heavy atom. The van der Waals surface area contributed by atoms with Crippen LogP contribution in [0, 0.1) is 11.8 Å². The first-order chi connectivity index (χ1) is 11.1. The Hall–Kier alpha value is -1.06. The number of piperidine rings is 2. The highest BCUT2D eigenvalue weighted by Crippen LogP contribution is 2.35. The number of nitrogens with zero attached hydrogens (tertiary/aromatic N) is 2. The van der Waals surface area contributed by atoms with Crippen molar-refractivity contribution in [3.63, 3.8) is 0 Å². The van der Waals surface area contributed by atoms with E-state index in [0.29, 0.717) is 5.75 Å². The lowest BCUT2D eigenvalue weighted by molar-refractivity contribution is 0.118. The second-order valence-electron chi connectivity index (χ2n) is 7.94. The first kappa shape index (κ1) is 16.8. The number of phenols is 1. The van der Waals surface area contributed by atoms with Gasteiger partial charge < -0.3 is 5.11 Å². The highest BCUT2D eigenvalue weighted by Gasteiger charge is 2.39. The number of hydrogen-bond acceptors (Lipinski definition) is 2. The van der Waals surface area contributed by atoms with Crippen LogP contribution >= 0.6 is 0 Å². The third-order valence-corrected chi connectivity index (χ3v) is 6.29. The molecule has 3 rings (SSSR count). The van der Waals surface area contributed by atoms with Gasteiger partial charge in [-0.25, -0.2) is 0 Å². The minimum atomic E-state index is 0.407. The quantitative estimate of drug-likeness (QED) is 0.852. The smallest absolute Gasteiger partial charge is 0.136 e. The molecule has 2 aliphatic rings. The summed E-state index contributed by atoms with van der Waals surface area (Å²) in [5.74, 6) is 1.96. The van der Waals surface area contributed by atoms with Crippen molar-refractivity contribution in [1.82, 2.24) is 9.38 Å². The van der Waals surface area contributed by atoms with Crippen LogP contribution in [0.3, 0.4) is 0 Å². The number of likely N-dealkylation sites (tertiary alicyclic amines) is 2. The Balaban J connectivity index is 1.78. The summed E-state index contributed by atoms with van der Waals surface area (Å²) >= 11 is 0. The van der Waals surface area contributed by atoms with Gasteiger partial charge in [0.05, 0.1) is 19.6 Å². The molecule has 3 nitrogen and oxygen atoms in total. The minimum absolute atomic E-state index is 0.407. The van der Waals surface area contributed by atoms with Crippen molar-refractivity contribution in [2.24, 2.45) is 11.8 Å². The van der Waals surface area contributed by atoms with Crippen LogP contribution in [-0.4, -0.2) is 49.3 Å². The van der Waals surface area contributed by atoms with Gasteiger partial charge in [0.1, 0.15) is 11.4 Å². The van der Waals surface area contributed by atoms with E-state index < -0.39 is 0 Å². The first-order valence-corrected chi connectivity index (χ1v) is 9.47. The van der Waals surface area contributed by atoms with Crippen LogP contribution in [0.25, 0.3) is 0 Å². The molecule has 1 aromatic carbocycles. The normalized spacial score (nSPS) is 32.8. The Morgan fingerprint density at radius 1 is 1.13 bits per heavy atom. The van der Waals surface area contributed by atoms with E-state index in [9.17, 15) is 5.11 Å². The zero-order valence-corrected chi connectivity index (χ0v) is 14.9. The fraction of sp³-hybridized carbons (Fsp3) is 0.700. The van der Waals surface area contributed by atoms with Crippen molar-refractivity contribution in [3.05, 3.63) is 24.3 Å². The molecular formula is C20H33N2O+. The van der Waals surface area contributed by atoms with Crippen LogP contribution < -0.4 is 4.48 Å². The molecule has 2 fully saturated rings. The Kier molecular flexibility index (Phi) is 5.27. The summed E-state index contributed by atoms with van der Waals surface area (Å²) in [4.78, 5) is 2.65. The fourth-order valence-electron chi connectivity index (χ4n) is 4.43. The summed E-state index contributed by atoms with van der Waals surface area (Å²) in [6, 6.07) is 8.02.